The Balaban J connectivity index is 2.47. The van der Waals surface area contributed by atoms with Crippen LogP contribution < -0.4 is 4.74 Å². The fraction of sp³-hybridized carbons (Fsp3) is 0.294. The SMILES string of the molecule is COc1ccc(S(=O)(=O)N(Cc2cccnc2)C(CCF)C(=O)O)cc1. The Labute approximate surface area is 151 Å². The second kappa shape index (κ2) is 8.72. The van der Waals surface area contributed by atoms with Gasteiger partial charge in [-0.15, -0.1) is 0 Å². The molecule has 1 atom stereocenters. The number of methoxy groups -OCH3 is 1. The molecule has 7 nitrogen and oxygen atoms in total. The van der Waals surface area contributed by atoms with Crippen LogP contribution in [0.2, 0.25) is 0 Å². The van der Waals surface area contributed by atoms with E-state index in [1.807, 2.05) is 0 Å². The molecule has 0 aliphatic heterocycles. The van der Waals surface area contributed by atoms with E-state index < -0.39 is 35.1 Å². The Morgan fingerprint density at radius 1 is 1.31 bits per heavy atom. The molecule has 0 aliphatic carbocycles. The number of aromatic nitrogens is 1. The summed E-state index contributed by atoms with van der Waals surface area (Å²) in [6.07, 6.45) is 2.50. The summed E-state index contributed by atoms with van der Waals surface area (Å²) in [6.45, 7) is -1.20. The topological polar surface area (TPSA) is 96.8 Å². The van der Waals surface area contributed by atoms with E-state index in [1.54, 1.807) is 12.1 Å². The third kappa shape index (κ3) is 4.55. The fourth-order valence-electron chi connectivity index (χ4n) is 2.41. The average molecular weight is 382 g/mol. The lowest BCUT2D eigenvalue weighted by Gasteiger charge is -2.27. The van der Waals surface area contributed by atoms with Gasteiger partial charge in [0.2, 0.25) is 10.0 Å². The van der Waals surface area contributed by atoms with Gasteiger partial charge in [0.15, 0.2) is 0 Å². The van der Waals surface area contributed by atoms with E-state index in [0.29, 0.717) is 11.3 Å². The van der Waals surface area contributed by atoms with E-state index in [-0.39, 0.29) is 11.4 Å². The molecule has 0 amide bonds. The molecule has 1 aromatic carbocycles. The van der Waals surface area contributed by atoms with Crippen LogP contribution >= 0.6 is 0 Å². The number of benzene rings is 1. The maximum atomic E-state index is 13.0. The minimum atomic E-state index is -4.19. The molecule has 26 heavy (non-hydrogen) atoms. The van der Waals surface area contributed by atoms with Crippen molar-refractivity contribution in [2.75, 3.05) is 13.8 Å². The Bertz CT molecular complexity index is 828. The molecule has 0 saturated carbocycles. The highest BCUT2D eigenvalue weighted by Crippen LogP contribution is 2.24. The number of ether oxygens (including phenoxy) is 1. The molecule has 0 radical (unpaired) electrons. The predicted molar refractivity (Wildman–Crippen MR) is 92.0 cm³/mol. The number of alkyl halides is 1. The summed E-state index contributed by atoms with van der Waals surface area (Å²) in [7, 11) is -2.74. The van der Waals surface area contributed by atoms with Crippen LogP contribution in [-0.2, 0) is 21.4 Å². The molecule has 2 aromatic rings. The van der Waals surface area contributed by atoms with Gasteiger partial charge in [-0.2, -0.15) is 4.31 Å². The van der Waals surface area contributed by atoms with Gasteiger partial charge in [0.05, 0.1) is 18.7 Å². The standard InChI is InChI=1S/C17H19FN2O5S/c1-25-14-4-6-15(7-5-14)26(23,24)20(16(8-9-18)17(21)22)12-13-3-2-10-19-11-13/h2-7,10-11,16H,8-9,12H2,1H3,(H,21,22). The number of halogens is 1. The molecule has 9 heteroatoms. The number of rotatable bonds is 9. The van der Waals surface area contributed by atoms with E-state index in [0.717, 1.165) is 4.31 Å². The zero-order valence-corrected chi connectivity index (χ0v) is 14.9. The molecule has 1 heterocycles. The number of hydrogen-bond acceptors (Lipinski definition) is 5. The number of sulfonamides is 1. The molecule has 0 saturated heterocycles. The first-order chi connectivity index (χ1) is 12.4. The lowest BCUT2D eigenvalue weighted by Crippen LogP contribution is -2.44. The van der Waals surface area contributed by atoms with Gasteiger partial charge >= 0.3 is 5.97 Å². The Hall–Kier alpha value is -2.52. The smallest absolute Gasteiger partial charge is 0.322 e. The average Bonchev–Trinajstić information content (AvgIpc) is 2.65. The van der Waals surface area contributed by atoms with Crippen molar-refractivity contribution >= 4 is 16.0 Å². The normalized spacial score (nSPS) is 12.7. The lowest BCUT2D eigenvalue weighted by molar-refractivity contribution is -0.142. The lowest BCUT2D eigenvalue weighted by atomic mass is 10.2. The van der Waals surface area contributed by atoms with Crippen LogP contribution in [0, 0.1) is 0 Å². The zero-order chi connectivity index (χ0) is 19.2. The van der Waals surface area contributed by atoms with Gasteiger partial charge in [0.25, 0.3) is 0 Å². The van der Waals surface area contributed by atoms with Crippen molar-refractivity contribution in [1.29, 1.82) is 0 Å². The molecule has 1 unspecified atom stereocenters. The largest absolute Gasteiger partial charge is 0.497 e. The van der Waals surface area contributed by atoms with Crippen LogP contribution in [0.3, 0.4) is 0 Å². The van der Waals surface area contributed by atoms with Gasteiger partial charge in [-0.05, 0) is 35.9 Å². The predicted octanol–water partition coefficient (Wildman–Crippen LogP) is 2.09. The molecule has 2 rings (SSSR count). The molecule has 0 spiro atoms. The highest BCUT2D eigenvalue weighted by molar-refractivity contribution is 7.89. The first-order valence-corrected chi connectivity index (χ1v) is 9.17. The van der Waals surface area contributed by atoms with Crippen LogP contribution in [0.25, 0.3) is 0 Å². The number of nitrogens with zero attached hydrogens (tertiary/aromatic N) is 2. The second-order valence-corrected chi connectivity index (χ2v) is 7.31. The van der Waals surface area contributed by atoms with E-state index in [1.165, 1.54) is 43.8 Å². The summed E-state index contributed by atoms with van der Waals surface area (Å²) in [5.41, 5.74) is 0.495. The minimum Gasteiger partial charge on any atom is -0.497 e. The summed E-state index contributed by atoms with van der Waals surface area (Å²) < 4.78 is 44.7. The number of pyridine rings is 1. The first kappa shape index (κ1) is 19.8. The third-order valence-corrected chi connectivity index (χ3v) is 5.61. The van der Waals surface area contributed by atoms with E-state index in [2.05, 4.69) is 4.98 Å². The van der Waals surface area contributed by atoms with Crippen LogP contribution in [0.5, 0.6) is 5.75 Å². The van der Waals surface area contributed by atoms with E-state index in [9.17, 15) is 22.7 Å². The summed E-state index contributed by atoms with van der Waals surface area (Å²) in [6, 6.07) is 7.25. The van der Waals surface area contributed by atoms with Gasteiger partial charge in [0.1, 0.15) is 11.8 Å². The van der Waals surface area contributed by atoms with Crippen LogP contribution in [0.15, 0.2) is 53.7 Å². The Morgan fingerprint density at radius 3 is 2.50 bits per heavy atom. The summed E-state index contributed by atoms with van der Waals surface area (Å²) in [5.74, 6) is -0.954. The van der Waals surface area contributed by atoms with Gasteiger partial charge in [-0.3, -0.25) is 14.2 Å². The third-order valence-electron chi connectivity index (χ3n) is 3.74. The van der Waals surface area contributed by atoms with Crippen molar-refractivity contribution < 1.29 is 27.4 Å². The molecule has 0 fully saturated rings. The summed E-state index contributed by atoms with van der Waals surface area (Å²) in [5, 5.41) is 9.44. The molecular formula is C17H19FN2O5S. The van der Waals surface area contributed by atoms with Gasteiger partial charge in [-0.25, -0.2) is 8.42 Å². The van der Waals surface area contributed by atoms with Gasteiger partial charge < -0.3 is 9.84 Å². The van der Waals surface area contributed by atoms with Crippen molar-refractivity contribution in [2.24, 2.45) is 0 Å². The van der Waals surface area contributed by atoms with Gasteiger partial charge in [-0.1, -0.05) is 6.07 Å². The van der Waals surface area contributed by atoms with E-state index >= 15 is 0 Å². The molecule has 1 N–H and O–H groups in total. The number of aliphatic carboxylic acids is 1. The molecule has 140 valence electrons. The molecule has 0 bridgehead atoms. The fourth-order valence-corrected chi connectivity index (χ4v) is 4.01. The quantitative estimate of drug-likeness (QED) is 0.713. The Kier molecular flexibility index (Phi) is 6.64. The molecule has 0 aliphatic rings. The second-order valence-electron chi connectivity index (χ2n) is 5.42. The van der Waals surface area contributed by atoms with Gasteiger partial charge in [0, 0.05) is 25.4 Å². The minimum absolute atomic E-state index is 0.104. The van der Waals surface area contributed by atoms with Crippen LogP contribution in [0.1, 0.15) is 12.0 Å². The Morgan fingerprint density at radius 2 is 2.00 bits per heavy atom. The van der Waals surface area contributed by atoms with Crippen LogP contribution in [-0.4, -0.2) is 48.6 Å². The number of carbonyl (C=O) groups is 1. The highest BCUT2D eigenvalue weighted by atomic mass is 32.2. The highest BCUT2D eigenvalue weighted by Gasteiger charge is 2.36. The van der Waals surface area contributed by atoms with Crippen molar-refractivity contribution in [2.45, 2.75) is 23.9 Å². The van der Waals surface area contributed by atoms with Crippen LogP contribution in [0.4, 0.5) is 4.39 Å². The first-order valence-electron chi connectivity index (χ1n) is 7.73. The zero-order valence-electron chi connectivity index (χ0n) is 14.1. The number of carboxylic acid groups (broad SMARTS) is 1. The summed E-state index contributed by atoms with van der Waals surface area (Å²) in [4.78, 5) is 15.4. The van der Waals surface area contributed by atoms with Crippen molar-refractivity contribution in [3.8, 4) is 5.75 Å². The maximum Gasteiger partial charge on any atom is 0.322 e. The monoisotopic (exact) mass is 382 g/mol. The molecular weight excluding hydrogens is 363 g/mol. The summed E-state index contributed by atoms with van der Waals surface area (Å²) >= 11 is 0. The van der Waals surface area contributed by atoms with Crippen molar-refractivity contribution in [1.82, 2.24) is 9.29 Å². The molecule has 1 aromatic heterocycles. The van der Waals surface area contributed by atoms with E-state index in [4.69, 9.17) is 4.74 Å². The maximum absolute atomic E-state index is 13.0. The number of carboxylic acids is 1. The number of hydrogen-bond donors (Lipinski definition) is 1. The van der Waals surface area contributed by atoms with Crippen molar-refractivity contribution in [3.63, 3.8) is 0 Å². The van der Waals surface area contributed by atoms with Crippen molar-refractivity contribution in [3.05, 3.63) is 54.4 Å².